The van der Waals surface area contributed by atoms with Crippen LogP contribution in [-0.4, -0.2) is 36.9 Å². The van der Waals surface area contributed by atoms with Crippen LogP contribution in [0.5, 0.6) is 5.75 Å². The van der Waals surface area contributed by atoms with Crippen LogP contribution >= 0.6 is 0 Å². The lowest BCUT2D eigenvalue weighted by atomic mass is 10.2. The van der Waals surface area contributed by atoms with Gasteiger partial charge < -0.3 is 20.5 Å². The van der Waals surface area contributed by atoms with Crippen LogP contribution in [0.1, 0.15) is 12.5 Å². The van der Waals surface area contributed by atoms with Crippen LogP contribution in [0.15, 0.2) is 53.5 Å². The van der Waals surface area contributed by atoms with Crippen LogP contribution < -0.4 is 15.4 Å². The van der Waals surface area contributed by atoms with Crippen molar-refractivity contribution < 1.29 is 18.6 Å². The Morgan fingerprint density at radius 3 is 2.54 bits per heavy atom. The first-order valence-electron chi connectivity index (χ1n) is 8.40. The second kappa shape index (κ2) is 10.4. The number of halogens is 2. The van der Waals surface area contributed by atoms with E-state index in [0.29, 0.717) is 23.8 Å². The van der Waals surface area contributed by atoms with Gasteiger partial charge in [0.1, 0.15) is 30.1 Å². The molecule has 0 bridgehead atoms. The fraction of sp³-hybridized carbons (Fsp3) is 0.316. The van der Waals surface area contributed by atoms with Crippen LogP contribution in [0, 0.1) is 11.6 Å². The topological polar surface area (TPSA) is 65.9 Å². The summed E-state index contributed by atoms with van der Waals surface area (Å²) >= 11 is 0. The summed E-state index contributed by atoms with van der Waals surface area (Å²) in [5.41, 5.74) is 0.491. The number of benzene rings is 2. The lowest BCUT2D eigenvalue weighted by molar-refractivity contribution is 0.110. The quantitative estimate of drug-likeness (QED) is 0.498. The number of aliphatic hydroxyl groups excluding tert-OH is 1. The monoisotopic (exact) mass is 363 g/mol. The minimum Gasteiger partial charge on any atom is -0.491 e. The van der Waals surface area contributed by atoms with Crippen molar-refractivity contribution in [2.75, 3.05) is 19.7 Å². The lowest BCUT2D eigenvalue weighted by Crippen LogP contribution is -2.42. The van der Waals surface area contributed by atoms with E-state index in [0.717, 1.165) is 0 Å². The zero-order chi connectivity index (χ0) is 18.8. The van der Waals surface area contributed by atoms with Crippen molar-refractivity contribution in [3.05, 3.63) is 65.7 Å². The predicted molar refractivity (Wildman–Crippen MR) is 97.1 cm³/mol. The average Bonchev–Trinajstić information content (AvgIpc) is 2.64. The van der Waals surface area contributed by atoms with Crippen molar-refractivity contribution in [3.63, 3.8) is 0 Å². The van der Waals surface area contributed by atoms with E-state index in [4.69, 9.17) is 4.74 Å². The maximum absolute atomic E-state index is 13.6. The molecule has 3 N–H and O–H groups in total. The van der Waals surface area contributed by atoms with Crippen LogP contribution in [0.2, 0.25) is 0 Å². The first kappa shape index (κ1) is 19.7. The number of aliphatic imine (C=N–C) groups is 1. The smallest absolute Gasteiger partial charge is 0.191 e. The number of hydrogen-bond acceptors (Lipinski definition) is 3. The van der Waals surface area contributed by atoms with Gasteiger partial charge in [0.05, 0.1) is 6.54 Å². The van der Waals surface area contributed by atoms with Crippen LogP contribution in [0.3, 0.4) is 0 Å². The largest absolute Gasteiger partial charge is 0.491 e. The lowest BCUT2D eigenvalue weighted by Gasteiger charge is -2.16. The zero-order valence-corrected chi connectivity index (χ0v) is 14.6. The van der Waals surface area contributed by atoms with E-state index in [1.807, 2.05) is 6.92 Å². The SMILES string of the molecule is CCNC(=NCc1ccccc1F)NCC(O)COc1ccc(F)cc1. The highest BCUT2D eigenvalue weighted by atomic mass is 19.1. The fourth-order valence-electron chi connectivity index (χ4n) is 2.13. The second-order valence-electron chi connectivity index (χ2n) is 5.59. The highest BCUT2D eigenvalue weighted by Crippen LogP contribution is 2.11. The maximum atomic E-state index is 13.6. The number of guanidine groups is 1. The first-order valence-corrected chi connectivity index (χ1v) is 8.40. The number of hydrogen-bond donors (Lipinski definition) is 3. The number of nitrogens with zero attached hydrogens (tertiary/aromatic N) is 1. The van der Waals surface area contributed by atoms with Crippen LogP contribution in [-0.2, 0) is 6.54 Å². The van der Waals surface area contributed by atoms with Gasteiger partial charge in [-0.1, -0.05) is 18.2 Å². The van der Waals surface area contributed by atoms with Crippen molar-refractivity contribution in [2.24, 2.45) is 4.99 Å². The van der Waals surface area contributed by atoms with Crippen molar-refractivity contribution >= 4 is 5.96 Å². The molecule has 0 heterocycles. The van der Waals surface area contributed by atoms with Gasteiger partial charge in [0.15, 0.2) is 5.96 Å². The van der Waals surface area contributed by atoms with Gasteiger partial charge in [0, 0.05) is 18.7 Å². The number of ether oxygens (including phenoxy) is 1. The van der Waals surface area contributed by atoms with Gasteiger partial charge in [-0.25, -0.2) is 13.8 Å². The Labute approximate surface area is 151 Å². The standard InChI is InChI=1S/C19H23F2N3O2/c1-2-22-19(23-11-14-5-3-4-6-18(14)21)24-12-16(25)13-26-17-9-7-15(20)8-10-17/h3-10,16,25H,2,11-13H2,1H3,(H2,22,23,24). The minimum atomic E-state index is -0.794. The highest BCUT2D eigenvalue weighted by molar-refractivity contribution is 5.79. The second-order valence-corrected chi connectivity index (χ2v) is 5.59. The van der Waals surface area contributed by atoms with E-state index in [9.17, 15) is 13.9 Å². The molecule has 0 saturated carbocycles. The van der Waals surface area contributed by atoms with E-state index in [1.165, 1.54) is 30.3 Å². The van der Waals surface area contributed by atoms with Gasteiger partial charge in [0.25, 0.3) is 0 Å². The molecule has 1 atom stereocenters. The first-order chi connectivity index (χ1) is 12.6. The minimum absolute atomic E-state index is 0.0470. The third-order valence-electron chi connectivity index (χ3n) is 3.47. The molecule has 0 aliphatic rings. The molecule has 2 rings (SSSR count). The Hall–Kier alpha value is -2.67. The predicted octanol–water partition coefficient (Wildman–Crippen LogP) is 2.46. The molecule has 2 aromatic rings. The molecule has 0 radical (unpaired) electrons. The zero-order valence-electron chi connectivity index (χ0n) is 14.6. The van der Waals surface area contributed by atoms with Gasteiger partial charge in [-0.2, -0.15) is 0 Å². The molecule has 0 saturated heterocycles. The number of aliphatic hydroxyl groups is 1. The van der Waals surface area contributed by atoms with Crippen molar-refractivity contribution in [1.82, 2.24) is 10.6 Å². The molecular weight excluding hydrogens is 340 g/mol. The van der Waals surface area contributed by atoms with Crippen molar-refractivity contribution in [3.8, 4) is 5.75 Å². The molecule has 0 amide bonds. The molecule has 0 fully saturated rings. The van der Waals surface area contributed by atoms with E-state index < -0.39 is 6.10 Å². The molecular formula is C19H23F2N3O2. The molecule has 140 valence electrons. The van der Waals surface area contributed by atoms with Crippen molar-refractivity contribution in [2.45, 2.75) is 19.6 Å². The maximum Gasteiger partial charge on any atom is 0.191 e. The third kappa shape index (κ3) is 6.68. The third-order valence-corrected chi connectivity index (χ3v) is 3.47. The summed E-state index contributed by atoms with van der Waals surface area (Å²) in [6, 6.07) is 12.0. The summed E-state index contributed by atoms with van der Waals surface area (Å²) in [5, 5.41) is 16.0. The summed E-state index contributed by atoms with van der Waals surface area (Å²) in [6.45, 7) is 2.97. The van der Waals surface area contributed by atoms with Crippen LogP contribution in [0.4, 0.5) is 8.78 Å². The number of rotatable bonds is 8. The summed E-state index contributed by atoms with van der Waals surface area (Å²) in [5.74, 6) is 0.294. The molecule has 0 spiro atoms. The fourth-order valence-corrected chi connectivity index (χ4v) is 2.13. The molecule has 0 aliphatic carbocycles. The van der Waals surface area contributed by atoms with Gasteiger partial charge in [0.2, 0.25) is 0 Å². The summed E-state index contributed by atoms with van der Waals surface area (Å²) in [7, 11) is 0. The molecule has 26 heavy (non-hydrogen) atoms. The average molecular weight is 363 g/mol. The Kier molecular flexibility index (Phi) is 7.82. The van der Waals surface area contributed by atoms with Gasteiger partial charge in [-0.3, -0.25) is 0 Å². The molecule has 0 aliphatic heterocycles. The summed E-state index contributed by atoms with van der Waals surface area (Å²) < 4.78 is 31.9. The van der Waals surface area contributed by atoms with Crippen molar-refractivity contribution in [1.29, 1.82) is 0 Å². The molecule has 0 aromatic heterocycles. The van der Waals surface area contributed by atoms with E-state index in [2.05, 4.69) is 15.6 Å². The van der Waals surface area contributed by atoms with Gasteiger partial charge in [-0.05, 0) is 37.3 Å². The van der Waals surface area contributed by atoms with Gasteiger partial charge >= 0.3 is 0 Å². The van der Waals surface area contributed by atoms with Crippen LogP contribution in [0.25, 0.3) is 0 Å². The Morgan fingerprint density at radius 1 is 1.12 bits per heavy atom. The number of nitrogens with one attached hydrogen (secondary N) is 2. The molecule has 7 heteroatoms. The molecule has 1 unspecified atom stereocenters. The Balaban J connectivity index is 1.82. The Bertz CT molecular complexity index is 708. The van der Waals surface area contributed by atoms with E-state index in [-0.39, 0.29) is 31.3 Å². The normalized spacial score (nSPS) is 12.5. The summed E-state index contributed by atoms with van der Waals surface area (Å²) in [6.07, 6.45) is -0.794. The van der Waals surface area contributed by atoms with E-state index in [1.54, 1.807) is 18.2 Å². The Morgan fingerprint density at radius 2 is 1.85 bits per heavy atom. The highest BCUT2D eigenvalue weighted by Gasteiger charge is 2.08. The molecule has 2 aromatic carbocycles. The van der Waals surface area contributed by atoms with E-state index >= 15 is 0 Å². The summed E-state index contributed by atoms with van der Waals surface area (Å²) in [4.78, 5) is 4.31. The molecule has 5 nitrogen and oxygen atoms in total. The van der Waals surface area contributed by atoms with Gasteiger partial charge in [-0.15, -0.1) is 0 Å².